The van der Waals surface area contributed by atoms with Crippen LogP contribution < -0.4 is 0 Å². The lowest BCUT2D eigenvalue weighted by Gasteiger charge is -2.18. The van der Waals surface area contributed by atoms with Crippen LogP contribution in [0.25, 0.3) is 100 Å². The lowest BCUT2D eigenvalue weighted by Crippen LogP contribution is -1.97. The molecule has 1 aliphatic heterocycles. The average molecular weight is 734 g/mol. The fourth-order valence-electron chi connectivity index (χ4n) is 7.99. The topological polar surface area (TPSA) is 51.8 Å². The maximum absolute atomic E-state index is 6.58. The van der Waals surface area contributed by atoms with E-state index in [-0.39, 0.29) is 0 Å². The third kappa shape index (κ3) is 5.52. The van der Waals surface area contributed by atoms with Gasteiger partial charge in [-0.05, 0) is 93.0 Å². The molecule has 10 aromatic rings. The Morgan fingerprint density at radius 2 is 1.00 bits per heavy atom. The molecule has 0 saturated carbocycles. The van der Waals surface area contributed by atoms with Gasteiger partial charge < -0.3 is 4.42 Å². The molecule has 0 bridgehead atoms. The minimum Gasteiger partial charge on any atom is -0.456 e. The Balaban J connectivity index is 1.23. The zero-order chi connectivity index (χ0) is 37.0. The monoisotopic (exact) mass is 733 g/mol. The van der Waals surface area contributed by atoms with Gasteiger partial charge in [0.15, 0.2) is 5.82 Å². The van der Waals surface area contributed by atoms with E-state index in [1.165, 1.54) is 27.1 Å². The summed E-state index contributed by atoms with van der Waals surface area (Å²) in [7, 11) is 0. The first-order chi connectivity index (χ1) is 27.7. The number of nitrogens with zero attached hydrogens (tertiary/aromatic N) is 3. The highest BCUT2D eigenvalue weighted by Gasteiger charge is 2.24. The van der Waals surface area contributed by atoms with E-state index in [2.05, 4.69) is 138 Å². The Bertz CT molecular complexity index is 3060. The van der Waals surface area contributed by atoms with Gasteiger partial charge in [-0.2, -0.15) is 0 Å². The first kappa shape index (κ1) is 32.4. The second kappa shape index (κ2) is 13.3. The number of rotatable bonds is 3. The number of benzene rings is 7. The summed E-state index contributed by atoms with van der Waals surface area (Å²) in [5.41, 5.74) is 15.5. The fraction of sp³-hybridized carbons (Fsp3) is 0. The van der Waals surface area contributed by atoms with E-state index in [1.54, 1.807) is 18.0 Å². The number of furan rings is 1. The summed E-state index contributed by atoms with van der Waals surface area (Å²) in [6.07, 6.45) is 3.64. The molecule has 11 rings (SSSR count). The predicted molar refractivity (Wildman–Crippen MR) is 229 cm³/mol. The molecule has 4 heterocycles. The molecule has 1 aliphatic rings. The van der Waals surface area contributed by atoms with E-state index < -0.39 is 0 Å². The number of pyridine rings is 1. The number of aromatic nitrogens is 3. The van der Waals surface area contributed by atoms with Crippen LogP contribution in [0.4, 0.5) is 0 Å². The molecule has 0 atom stereocenters. The highest BCUT2D eigenvalue weighted by Crippen LogP contribution is 2.50. The number of hydrogen-bond acceptors (Lipinski definition) is 5. The third-order valence-electron chi connectivity index (χ3n) is 10.6. The molecule has 0 N–H and O–H groups in total. The minimum atomic E-state index is 0.644. The molecule has 0 saturated heterocycles. The summed E-state index contributed by atoms with van der Waals surface area (Å²) in [6, 6.07) is 62.2. The highest BCUT2D eigenvalue weighted by atomic mass is 32.2. The molecule has 0 unspecified atom stereocenters. The minimum absolute atomic E-state index is 0.644. The van der Waals surface area contributed by atoms with Gasteiger partial charge in [0.05, 0.1) is 11.4 Å². The van der Waals surface area contributed by atoms with E-state index in [1.807, 2.05) is 48.7 Å². The van der Waals surface area contributed by atoms with Crippen molar-refractivity contribution >= 4 is 33.7 Å². The molecule has 5 heteroatoms. The Labute approximate surface area is 328 Å². The molecule has 56 heavy (non-hydrogen) atoms. The molecule has 7 aromatic carbocycles. The van der Waals surface area contributed by atoms with Gasteiger partial charge in [-0.25, -0.2) is 9.97 Å². The van der Waals surface area contributed by atoms with Crippen LogP contribution in [-0.2, 0) is 0 Å². The van der Waals surface area contributed by atoms with Crippen LogP contribution in [0, 0.1) is 0 Å². The Morgan fingerprint density at radius 3 is 1.75 bits per heavy atom. The van der Waals surface area contributed by atoms with Gasteiger partial charge in [0.25, 0.3) is 0 Å². The van der Waals surface area contributed by atoms with E-state index >= 15 is 0 Å². The van der Waals surface area contributed by atoms with E-state index in [0.29, 0.717) is 5.82 Å². The summed E-state index contributed by atoms with van der Waals surface area (Å²) in [5.74, 6) is 0.644. The van der Waals surface area contributed by atoms with E-state index in [4.69, 9.17) is 14.4 Å². The van der Waals surface area contributed by atoms with Crippen molar-refractivity contribution in [3.8, 4) is 78.4 Å². The van der Waals surface area contributed by atoms with Crippen LogP contribution in [0.1, 0.15) is 0 Å². The van der Waals surface area contributed by atoms with Gasteiger partial charge in [0, 0.05) is 49.6 Å². The van der Waals surface area contributed by atoms with Crippen molar-refractivity contribution < 1.29 is 4.42 Å². The highest BCUT2D eigenvalue weighted by molar-refractivity contribution is 7.99. The number of fused-ring (bicyclic) bond motifs is 12. The van der Waals surface area contributed by atoms with Crippen LogP contribution in [0.5, 0.6) is 0 Å². The second-order valence-corrected chi connectivity index (χ2v) is 15.0. The first-order valence-electron chi connectivity index (χ1n) is 18.7. The fourth-order valence-corrected chi connectivity index (χ4v) is 9.11. The maximum Gasteiger partial charge on any atom is 0.160 e. The standard InChI is InChI=1S/C51H31N3OS/c1-2-13-32(14-3-1)45-30-46(34-15-12-26-52-31-34)54-51(53-45)33-24-25-39-37-18-5-4-16-35(37)36-17-6-7-19-38(36)41-21-9-11-23-49(41)56-50-29-43-40-20-8-10-22-47(40)55-48(43)28-44(50)42(39)27-33/h1-31H. The summed E-state index contributed by atoms with van der Waals surface area (Å²) in [4.78, 5) is 17.2. The van der Waals surface area contributed by atoms with Gasteiger partial charge in [-0.1, -0.05) is 139 Å². The van der Waals surface area contributed by atoms with Gasteiger partial charge in [0.2, 0.25) is 0 Å². The zero-order valence-electron chi connectivity index (χ0n) is 30.1. The summed E-state index contributed by atoms with van der Waals surface area (Å²) in [5, 5.41) is 2.20. The van der Waals surface area contributed by atoms with Crippen molar-refractivity contribution in [3.63, 3.8) is 0 Å². The van der Waals surface area contributed by atoms with Crippen molar-refractivity contribution in [1.82, 2.24) is 15.0 Å². The van der Waals surface area contributed by atoms with Crippen molar-refractivity contribution in [2.75, 3.05) is 0 Å². The van der Waals surface area contributed by atoms with Gasteiger partial charge in [-0.15, -0.1) is 0 Å². The van der Waals surface area contributed by atoms with Crippen molar-refractivity contribution in [2.45, 2.75) is 9.79 Å². The van der Waals surface area contributed by atoms with Gasteiger partial charge in [-0.3, -0.25) is 4.98 Å². The van der Waals surface area contributed by atoms with Crippen LogP contribution in [0.2, 0.25) is 0 Å². The van der Waals surface area contributed by atoms with Crippen LogP contribution in [-0.4, -0.2) is 15.0 Å². The zero-order valence-corrected chi connectivity index (χ0v) is 30.9. The molecule has 0 radical (unpaired) electrons. The summed E-state index contributed by atoms with van der Waals surface area (Å²) >= 11 is 1.80. The molecule has 0 amide bonds. The Kier molecular flexibility index (Phi) is 7.71. The molecular formula is C51H31N3OS. The van der Waals surface area contributed by atoms with Crippen molar-refractivity contribution in [2.24, 2.45) is 0 Å². The quantitative estimate of drug-likeness (QED) is 0.181. The third-order valence-corrected chi connectivity index (χ3v) is 11.8. The van der Waals surface area contributed by atoms with Crippen LogP contribution >= 0.6 is 11.8 Å². The molecule has 262 valence electrons. The number of para-hydroxylation sites is 1. The lowest BCUT2D eigenvalue weighted by atomic mass is 9.86. The maximum atomic E-state index is 6.58. The van der Waals surface area contributed by atoms with Gasteiger partial charge in [0.1, 0.15) is 11.2 Å². The molecule has 3 aromatic heterocycles. The molecule has 0 spiro atoms. The first-order valence-corrected chi connectivity index (χ1v) is 19.5. The number of hydrogen-bond donors (Lipinski definition) is 0. The molecule has 4 nitrogen and oxygen atoms in total. The van der Waals surface area contributed by atoms with Gasteiger partial charge >= 0.3 is 0 Å². The van der Waals surface area contributed by atoms with Crippen LogP contribution in [0.15, 0.2) is 203 Å². The largest absolute Gasteiger partial charge is 0.456 e. The molecule has 0 fully saturated rings. The van der Waals surface area contributed by atoms with E-state index in [0.717, 1.165) is 77.2 Å². The smallest absolute Gasteiger partial charge is 0.160 e. The predicted octanol–water partition coefficient (Wildman–Crippen LogP) is 13.9. The van der Waals surface area contributed by atoms with Crippen molar-refractivity contribution in [3.05, 3.63) is 188 Å². The Hall–Kier alpha value is -7.08. The average Bonchev–Trinajstić information content (AvgIpc) is 3.63. The second-order valence-electron chi connectivity index (χ2n) is 14.0. The Morgan fingerprint density at radius 1 is 0.375 bits per heavy atom. The SMILES string of the molecule is c1ccc(-c2cc(-c3cccnc3)nc(-c3ccc4c(c3)-c3cc5oc6ccccc6c5cc3Sc3ccccc3-c3ccccc3-c3ccccc3-4)n2)cc1. The summed E-state index contributed by atoms with van der Waals surface area (Å²) < 4.78 is 6.58. The van der Waals surface area contributed by atoms with Crippen molar-refractivity contribution in [1.29, 1.82) is 0 Å². The molecule has 0 aliphatic carbocycles. The lowest BCUT2D eigenvalue weighted by molar-refractivity contribution is 0.669. The molecular weight excluding hydrogens is 703 g/mol. The van der Waals surface area contributed by atoms with E-state index in [9.17, 15) is 0 Å². The summed E-state index contributed by atoms with van der Waals surface area (Å²) in [6.45, 7) is 0. The van der Waals surface area contributed by atoms with Crippen LogP contribution in [0.3, 0.4) is 0 Å². The normalized spacial score (nSPS) is 11.9.